The summed E-state index contributed by atoms with van der Waals surface area (Å²) in [5.41, 5.74) is 0. The van der Waals surface area contributed by atoms with Crippen LogP contribution in [0, 0.1) is 23.7 Å². The molecule has 588 valence electrons. The molecule has 3 N–H and O–H groups in total. The van der Waals surface area contributed by atoms with E-state index < -0.39 is 97.5 Å². The standard InChI is InChI=1S/C80H156O17P2/c1-9-73(8)59-51-43-34-30-31-35-44-52-60-77(82)90-66-75(96-79(84)62-54-46-36-28-24-20-15-13-11-10-12-14-18-22-26-32-40-48-56-70(2)3)68-94-98(86,87)92-64-74(81)65-93-99(88,89)95-69-76(67-91-78(83)61-53-45-39-38-42-50-58-72(6)7)97-80(85)63-55-47-37-29-25-21-17-16-19-23-27-33-41-49-57-71(4)5/h70-76,81H,9-69H2,1-8H3,(H,86,87)(H,88,89)/t73?,74-,75-,76-/m1/s1. The van der Waals surface area contributed by atoms with E-state index in [9.17, 15) is 43.2 Å². The van der Waals surface area contributed by atoms with Crippen molar-refractivity contribution in [2.75, 3.05) is 39.6 Å². The van der Waals surface area contributed by atoms with Gasteiger partial charge in [-0.05, 0) is 49.4 Å². The predicted molar refractivity (Wildman–Crippen MR) is 404 cm³/mol. The van der Waals surface area contributed by atoms with Gasteiger partial charge in [-0.25, -0.2) is 9.13 Å². The molecule has 0 aliphatic carbocycles. The zero-order valence-electron chi connectivity index (χ0n) is 65.1. The first-order valence-electron chi connectivity index (χ1n) is 41.2. The summed E-state index contributed by atoms with van der Waals surface area (Å²) >= 11 is 0. The number of hydrogen-bond acceptors (Lipinski definition) is 15. The lowest BCUT2D eigenvalue weighted by atomic mass is 9.99. The first kappa shape index (κ1) is 97.1. The van der Waals surface area contributed by atoms with Crippen molar-refractivity contribution in [2.24, 2.45) is 23.7 Å². The van der Waals surface area contributed by atoms with E-state index in [1.54, 1.807) is 0 Å². The Kier molecular flexibility index (Phi) is 67.8. The van der Waals surface area contributed by atoms with Crippen molar-refractivity contribution in [1.29, 1.82) is 0 Å². The van der Waals surface area contributed by atoms with Crippen LogP contribution < -0.4 is 0 Å². The number of aliphatic hydroxyl groups is 1. The Morgan fingerprint density at radius 3 is 0.717 bits per heavy atom. The number of esters is 4. The second kappa shape index (κ2) is 69.1. The Balaban J connectivity index is 5.19. The third-order valence-corrected chi connectivity index (χ3v) is 20.8. The van der Waals surface area contributed by atoms with E-state index in [0.29, 0.717) is 31.6 Å². The number of hydrogen-bond donors (Lipinski definition) is 3. The van der Waals surface area contributed by atoms with Gasteiger partial charge in [-0.1, -0.05) is 357 Å². The molecule has 3 unspecified atom stereocenters. The fraction of sp³-hybridized carbons (Fsp3) is 0.950. The van der Waals surface area contributed by atoms with E-state index in [-0.39, 0.29) is 25.7 Å². The molecule has 0 heterocycles. The minimum atomic E-state index is -4.96. The largest absolute Gasteiger partial charge is 0.472 e. The smallest absolute Gasteiger partial charge is 0.462 e. The van der Waals surface area contributed by atoms with Gasteiger partial charge in [0.15, 0.2) is 12.2 Å². The molecule has 0 aromatic carbocycles. The molecule has 17 nitrogen and oxygen atoms in total. The highest BCUT2D eigenvalue weighted by molar-refractivity contribution is 7.47. The number of phosphoric acid groups is 2. The van der Waals surface area contributed by atoms with Gasteiger partial charge in [-0.15, -0.1) is 0 Å². The lowest BCUT2D eigenvalue weighted by Crippen LogP contribution is -2.30. The number of rotatable bonds is 77. The summed E-state index contributed by atoms with van der Waals surface area (Å²) in [6.07, 6.45) is 55.7. The quantitative estimate of drug-likeness (QED) is 0.0222. The number of unbranched alkanes of at least 4 members (excludes halogenated alkanes) is 42. The van der Waals surface area contributed by atoms with Crippen molar-refractivity contribution in [2.45, 2.75) is 427 Å². The maximum atomic E-state index is 13.1. The van der Waals surface area contributed by atoms with E-state index in [2.05, 4.69) is 55.4 Å². The lowest BCUT2D eigenvalue weighted by molar-refractivity contribution is -0.161. The molecule has 99 heavy (non-hydrogen) atoms. The van der Waals surface area contributed by atoms with Crippen molar-refractivity contribution in [3.63, 3.8) is 0 Å². The minimum absolute atomic E-state index is 0.106. The molecule has 19 heteroatoms. The molecule has 0 aliphatic heterocycles. The van der Waals surface area contributed by atoms with Crippen LogP contribution in [-0.4, -0.2) is 96.7 Å². The number of phosphoric ester groups is 2. The number of ether oxygens (including phenoxy) is 4. The molecule has 0 radical (unpaired) electrons. The van der Waals surface area contributed by atoms with Crippen LogP contribution in [0.4, 0.5) is 0 Å². The highest BCUT2D eigenvalue weighted by Crippen LogP contribution is 2.45. The molecule has 0 rings (SSSR count). The van der Waals surface area contributed by atoms with Gasteiger partial charge in [0.1, 0.15) is 19.3 Å². The van der Waals surface area contributed by atoms with E-state index in [1.165, 1.54) is 205 Å². The number of aliphatic hydroxyl groups excluding tert-OH is 1. The molecule has 0 fully saturated rings. The minimum Gasteiger partial charge on any atom is -0.462 e. The summed E-state index contributed by atoms with van der Waals surface area (Å²) < 4.78 is 68.6. The summed E-state index contributed by atoms with van der Waals surface area (Å²) in [5, 5.41) is 10.6. The van der Waals surface area contributed by atoms with Crippen molar-refractivity contribution in [3.8, 4) is 0 Å². The van der Waals surface area contributed by atoms with Crippen LogP contribution in [0.1, 0.15) is 409 Å². The van der Waals surface area contributed by atoms with Gasteiger partial charge < -0.3 is 33.8 Å². The molecule has 0 aromatic heterocycles. The van der Waals surface area contributed by atoms with Gasteiger partial charge in [-0.3, -0.25) is 37.3 Å². The topological polar surface area (TPSA) is 237 Å². The highest BCUT2D eigenvalue weighted by Gasteiger charge is 2.30. The van der Waals surface area contributed by atoms with E-state index in [4.69, 9.17) is 37.0 Å². The van der Waals surface area contributed by atoms with Crippen LogP contribution in [0.5, 0.6) is 0 Å². The third kappa shape index (κ3) is 72.8. The fourth-order valence-electron chi connectivity index (χ4n) is 12.2. The van der Waals surface area contributed by atoms with Crippen molar-refractivity contribution < 1.29 is 80.2 Å². The lowest BCUT2D eigenvalue weighted by Gasteiger charge is -2.21. The summed E-state index contributed by atoms with van der Waals surface area (Å²) in [4.78, 5) is 72.9. The van der Waals surface area contributed by atoms with E-state index in [0.717, 1.165) is 114 Å². The van der Waals surface area contributed by atoms with Crippen molar-refractivity contribution in [1.82, 2.24) is 0 Å². The first-order valence-corrected chi connectivity index (χ1v) is 44.2. The summed E-state index contributed by atoms with van der Waals surface area (Å²) in [7, 11) is -9.92. The molecule has 0 aliphatic rings. The number of carbonyl (C=O) groups excluding carboxylic acids is 4. The van der Waals surface area contributed by atoms with Crippen LogP contribution in [0.2, 0.25) is 0 Å². The zero-order valence-corrected chi connectivity index (χ0v) is 66.9. The third-order valence-electron chi connectivity index (χ3n) is 18.9. The van der Waals surface area contributed by atoms with Gasteiger partial charge in [0.25, 0.3) is 0 Å². The van der Waals surface area contributed by atoms with E-state index in [1.807, 2.05) is 0 Å². The first-order chi connectivity index (χ1) is 47.6. The zero-order chi connectivity index (χ0) is 73.1. The normalized spacial score (nSPS) is 14.3. The Bertz CT molecular complexity index is 1940. The molecule has 0 bridgehead atoms. The van der Waals surface area contributed by atoms with Gasteiger partial charge >= 0.3 is 39.5 Å². The van der Waals surface area contributed by atoms with Crippen LogP contribution in [0.25, 0.3) is 0 Å². The average Bonchev–Trinajstić information content (AvgIpc) is 1.78. The maximum absolute atomic E-state index is 13.1. The van der Waals surface area contributed by atoms with E-state index >= 15 is 0 Å². The van der Waals surface area contributed by atoms with Gasteiger partial charge in [0, 0.05) is 25.7 Å². The van der Waals surface area contributed by atoms with Gasteiger partial charge in [0.2, 0.25) is 0 Å². The summed E-state index contributed by atoms with van der Waals surface area (Å²) in [6, 6.07) is 0. The molecule has 0 aromatic rings. The van der Waals surface area contributed by atoms with Gasteiger partial charge in [-0.2, -0.15) is 0 Å². The van der Waals surface area contributed by atoms with Crippen LogP contribution in [0.3, 0.4) is 0 Å². The Morgan fingerprint density at radius 2 is 0.485 bits per heavy atom. The molecular weight excluding hydrogens is 1290 g/mol. The Labute approximate surface area is 607 Å². The number of carbonyl (C=O) groups is 4. The second-order valence-corrected chi connectivity index (χ2v) is 33.4. The summed E-state index contributed by atoms with van der Waals surface area (Å²) in [6.45, 7) is 14.2. The Hall–Kier alpha value is -1.94. The SMILES string of the molecule is CCC(C)CCCCCCCCCCC(=O)OC[C@H](COP(=O)(O)OC[C@@H](O)COP(=O)(O)OC[C@@H](COC(=O)CCCCCCCCC(C)C)OC(=O)CCCCCCCCCCCCCCCCC(C)C)OC(=O)CCCCCCCCCCCCCCCCCCCCC(C)C. The predicted octanol–water partition coefficient (Wildman–Crippen LogP) is 23.6. The van der Waals surface area contributed by atoms with Crippen LogP contribution in [0.15, 0.2) is 0 Å². The summed E-state index contributed by atoms with van der Waals surface area (Å²) in [5.74, 6) is 0.954. The molecule has 0 saturated carbocycles. The molecule has 0 spiro atoms. The molecule has 0 saturated heterocycles. The average molecular weight is 1450 g/mol. The molecule has 6 atom stereocenters. The van der Waals surface area contributed by atoms with Crippen molar-refractivity contribution in [3.05, 3.63) is 0 Å². The van der Waals surface area contributed by atoms with Crippen LogP contribution >= 0.6 is 15.6 Å². The monoisotopic (exact) mass is 1450 g/mol. The second-order valence-electron chi connectivity index (χ2n) is 30.5. The van der Waals surface area contributed by atoms with Crippen molar-refractivity contribution >= 4 is 39.5 Å². The highest BCUT2D eigenvalue weighted by atomic mass is 31.2. The molecular formula is C80H156O17P2. The maximum Gasteiger partial charge on any atom is 0.472 e. The molecule has 0 amide bonds. The van der Waals surface area contributed by atoms with Gasteiger partial charge in [0.05, 0.1) is 26.4 Å². The van der Waals surface area contributed by atoms with Crippen LogP contribution in [-0.2, 0) is 65.4 Å². The fourth-order valence-corrected chi connectivity index (χ4v) is 13.8. The Morgan fingerprint density at radius 1 is 0.283 bits per heavy atom.